The third kappa shape index (κ3) is 2.49. The normalized spacial score (nSPS) is 10.4. The monoisotopic (exact) mass is 237 g/mol. The predicted octanol–water partition coefficient (Wildman–Crippen LogP) is 1.78. The van der Waals surface area contributed by atoms with E-state index in [2.05, 4.69) is 20.6 Å². The fraction of sp³-hybridized carbons (Fsp3) is 0.300. The van der Waals surface area contributed by atoms with Crippen LogP contribution in [0.2, 0.25) is 5.15 Å². The maximum absolute atomic E-state index is 5.64. The van der Waals surface area contributed by atoms with Gasteiger partial charge >= 0.3 is 0 Å². The van der Waals surface area contributed by atoms with Crippen LogP contribution >= 0.6 is 11.6 Å². The second kappa shape index (κ2) is 4.49. The summed E-state index contributed by atoms with van der Waals surface area (Å²) in [5, 5.41) is 15.5. The van der Waals surface area contributed by atoms with Crippen LogP contribution in [-0.2, 0) is 13.6 Å². The molecule has 0 radical (unpaired) electrons. The summed E-state index contributed by atoms with van der Waals surface area (Å²) in [7, 11) is 1.90. The van der Waals surface area contributed by atoms with Crippen LogP contribution in [0.1, 0.15) is 11.3 Å². The van der Waals surface area contributed by atoms with Crippen LogP contribution in [0, 0.1) is 6.92 Å². The molecule has 16 heavy (non-hydrogen) atoms. The van der Waals surface area contributed by atoms with E-state index in [0.717, 1.165) is 11.3 Å². The molecule has 84 valence electrons. The van der Waals surface area contributed by atoms with Crippen molar-refractivity contribution in [2.45, 2.75) is 13.5 Å². The van der Waals surface area contributed by atoms with Gasteiger partial charge in [0.25, 0.3) is 0 Å². The molecule has 2 aromatic rings. The summed E-state index contributed by atoms with van der Waals surface area (Å²) in [6.45, 7) is 2.65. The lowest BCUT2D eigenvalue weighted by molar-refractivity contribution is 0.756. The fourth-order valence-corrected chi connectivity index (χ4v) is 1.52. The maximum Gasteiger partial charge on any atom is 0.151 e. The second-order valence-electron chi connectivity index (χ2n) is 3.51. The molecule has 1 N–H and O–H groups in total. The Morgan fingerprint density at radius 1 is 1.38 bits per heavy atom. The molecule has 0 fully saturated rings. The van der Waals surface area contributed by atoms with Gasteiger partial charge in [-0.25, -0.2) is 0 Å². The third-order valence-corrected chi connectivity index (χ3v) is 2.41. The lowest BCUT2D eigenvalue weighted by Gasteiger charge is -2.02. The van der Waals surface area contributed by atoms with E-state index in [1.807, 2.05) is 20.2 Å². The minimum absolute atomic E-state index is 0.392. The molecule has 5 nitrogen and oxygen atoms in total. The molecule has 0 aliphatic rings. The van der Waals surface area contributed by atoms with Gasteiger partial charge in [-0.05, 0) is 19.1 Å². The Hall–Kier alpha value is -1.62. The van der Waals surface area contributed by atoms with Crippen molar-refractivity contribution >= 4 is 17.4 Å². The van der Waals surface area contributed by atoms with Gasteiger partial charge in [0.15, 0.2) is 5.15 Å². The van der Waals surface area contributed by atoms with E-state index in [1.165, 1.54) is 0 Å². The van der Waals surface area contributed by atoms with Crippen LogP contribution in [0.3, 0.4) is 0 Å². The van der Waals surface area contributed by atoms with E-state index in [1.54, 1.807) is 16.8 Å². The summed E-state index contributed by atoms with van der Waals surface area (Å²) < 4.78 is 1.79. The van der Waals surface area contributed by atoms with Crippen molar-refractivity contribution in [1.82, 2.24) is 20.0 Å². The smallest absolute Gasteiger partial charge is 0.151 e. The first-order valence-electron chi connectivity index (χ1n) is 4.87. The van der Waals surface area contributed by atoms with Gasteiger partial charge in [-0.2, -0.15) is 5.10 Å². The molecule has 0 spiro atoms. The summed E-state index contributed by atoms with van der Waals surface area (Å²) in [5.41, 5.74) is 2.15. The lowest BCUT2D eigenvalue weighted by atomic mass is 10.2. The number of nitrogens with zero attached hydrogens (tertiary/aromatic N) is 4. The molecule has 2 aromatic heterocycles. The minimum atomic E-state index is 0.392. The Morgan fingerprint density at radius 2 is 2.19 bits per heavy atom. The lowest BCUT2D eigenvalue weighted by Crippen LogP contribution is -2.02. The average Bonchev–Trinajstić information content (AvgIpc) is 2.57. The Morgan fingerprint density at radius 3 is 2.75 bits per heavy atom. The van der Waals surface area contributed by atoms with Crippen LogP contribution < -0.4 is 5.32 Å². The first-order valence-corrected chi connectivity index (χ1v) is 5.25. The van der Waals surface area contributed by atoms with E-state index in [9.17, 15) is 0 Å². The van der Waals surface area contributed by atoms with Crippen LogP contribution in [-0.4, -0.2) is 20.0 Å². The third-order valence-electron chi connectivity index (χ3n) is 2.21. The predicted molar refractivity (Wildman–Crippen MR) is 62.3 cm³/mol. The van der Waals surface area contributed by atoms with Gasteiger partial charge in [-0.15, -0.1) is 10.2 Å². The summed E-state index contributed by atoms with van der Waals surface area (Å²) in [5.74, 6) is 0.702. The van der Waals surface area contributed by atoms with Crippen molar-refractivity contribution in [3.05, 3.63) is 34.7 Å². The largest absolute Gasteiger partial charge is 0.364 e. The zero-order valence-electron chi connectivity index (χ0n) is 9.11. The van der Waals surface area contributed by atoms with Crippen molar-refractivity contribution in [2.24, 2.45) is 7.05 Å². The number of hydrogen-bond acceptors (Lipinski definition) is 4. The number of aryl methyl sites for hydroxylation is 2. The first kappa shape index (κ1) is 10.9. The van der Waals surface area contributed by atoms with Gasteiger partial charge in [0.2, 0.25) is 0 Å². The van der Waals surface area contributed by atoms with Crippen LogP contribution in [0.25, 0.3) is 0 Å². The molecule has 6 heteroatoms. The van der Waals surface area contributed by atoms with Crippen molar-refractivity contribution in [1.29, 1.82) is 0 Å². The SMILES string of the molecule is Cc1nn(C)cc1CNc1ccc(Cl)nn1. The number of aromatic nitrogens is 4. The summed E-state index contributed by atoms with van der Waals surface area (Å²) >= 11 is 5.64. The highest BCUT2D eigenvalue weighted by molar-refractivity contribution is 6.29. The number of halogens is 1. The molecule has 0 amide bonds. The molecule has 0 saturated heterocycles. The molecule has 0 bridgehead atoms. The van der Waals surface area contributed by atoms with Crippen molar-refractivity contribution < 1.29 is 0 Å². The molecule has 0 atom stereocenters. The van der Waals surface area contributed by atoms with Gasteiger partial charge in [0.05, 0.1) is 5.69 Å². The van der Waals surface area contributed by atoms with Gasteiger partial charge in [-0.3, -0.25) is 4.68 Å². The molecule has 0 saturated carbocycles. The standard InChI is InChI=1S/C10H12ClN5/c1-7-8(6-16(2)15-7)5-12-10-4-3-9(11)13-14-10/h3-4,6H,5H2,1-2H3,(H,12,14). The number of anilines is 1. The van der Waals surface area contributed by atoms with Crippen molar-refractivity contribution in [2.75, 3.05) is 5.32 Å². The van der Waals surface area contributed by atoms with Gasteiger partial charge < -0.3 is 5.32 Å². The number of hydrogen-bond donors (Lipinski definition) is 1. The molecule has 2 rings (SSSR count). The Bertz CT molecular complexity index is 476. The van der Waals surface area contributed by atoms with E-state index in [-0.39, 0.29) is 0 Å². The molecule has 0 aliphatic heterocycles. The topological polar surface area (TPSA) is 55.6 Å². The molecule has 2 heterocycles. The first-order chi connectivity index (χ1) is 7.65. The van der Waals surface area contributed by atoms with E-state index in [4.69, 9.17) is 11.6 Å². The van der Waals surface area contributed by atoms with Crippen LogP contribution in [0.15, 0.2) is 18.3 Å². The van der Waals surface area contributed by atoms with Crippen LogP contribution in [0.4, 0.5) is 5.82 Å². The molecule has 0 aliphatic carbocycles. The highest BCUT2D eigenvalue weighted by Crippen LogP contribution is 2.09. The zero-order chi connectivity index (χ0) is 11.5. The second-order valence-corrected chi connectivity index (χ2v) is 3.90. The Labute approximate surface area is 98.5 Å². The summed E-state index contributed by atoms with van der Waals surface area (Å²) in [4.78, 5) is 0. The van der Waals surface area contributed by atoms with E-state index in [0.29, 0.717) is 17.5 Å². The Kier molecular flexibility index (Phi) is 3.05. The van der Waals surface area contributed by atoms with E-state index < -0.39 is 0 Å². The summed E-state index contributed by atoms with van der Waals surface area (Å²) in [6, 6.07) is 3.49. The number of nitrogens with one attached hydrogen (secondary N) is 1. The van der Waals surface area contributed by atoms with E-state index >= 15 is 0 Å². The molecular weight excluding hydrogens is 226 g/mol. The molecule has 0 aromatic carbocycles. The highest BCUT2D eigenvalue weighted by Gasteiger charge is 2.03. The Balaban J connectivity index is 2.02. The van der Waals surface area contributed by atoms with Crippen molar-refractivity contribution in [3.63, 3.8) is 0 Å². The van der Waals surface area contributed by atoms with Gasteiger partial charge in [-0.1, -0.05) is 11.6 Å². The average molecular weight is 238 g/mol. The van der Waals surface area contributed by atoms with Crippen LogP contribution in [0.5, 0.6) is 0 Å². The highest BCUT2D eigenvalue weighted by atomic mass is 35.5. The van der Waals surface area contributed by atoms with Crippen molar-refractivity contribution in [3.8, 4) is 0 Å². The minimum Gasteiger partial charge on any atom is -0.364 e. The quantitative estimate of drug-likeness (QED) is 0.884. The molecular formula is C10H12ClN5. The maximum atomic E-state index is 5.64. The zero-order valence-corrected chi connectivity index (χ0v) is 9.86. The van der Waals surface area contributed by atoms with Gasteiger partial charge in [0, 0.05) is 25.4 Å². The molecule has 0 unspecified atom stereocenters. The summed E-state index contributed by atoms with van der Waals surface area (Å²) in [6.07, 6.45) is 1.98. The van der Waals surface area contributed by atoms with Gasteiger partial charge in [0.1, 0.15) is 5.82 Å². The number of rotatable bonds is 3. The fourth-order valence-electron chi connectivity index (χ4n) is 1.42.